The Morgan fingerprint density at radius 3 is 2.64 bits per heavy atom. The highest BCUT2D eigenvalue weighted by molar-refractivity contribution is 7.12. The second-order valence-corrected chi connectivity index (χ2v) is 3.51. The second-order valence-electron chi connectivity index (χ2n) is 2.19. The van der Waals surface area contributed by atoms with Crippen LogP contribution in [-0.2, 0) is 4.79 Å². The number of aliphatic carboxylic acids is 1. The summed E-state index contributed by atoms with van der Waals surface area (Å²) >= 11 is 1.29. The number of hydrogen-bond acceptors (Lipinski definition) is 3. The molecule has 1 unspecified atom stereocenters. The molecule has 4 heteroatoms. The first-order chi connectivity index (χ1) is 5.11. The van der Waals surface area contributed by atoms with Gasteiger partial charge in [0.15, 0.2) is 6.10 Å². The van der Waals surface area contributed by atoms with E-state index in [1.807, 2.05) is 6.92 Å². The summed E-state index contributed by atoms with van der Waals surface area (Å²) in [5.74, 6) is -1.20. The van der Waals surface area contributed by atoms with E-state index in [1.54, 1.807) is 12.1 Å². The highest BCUT2D eigenvalue weighted by Gasteiger charge is 2.16. The highest BCUT2D eigenvalue weighted by Crippen LogP contribution is 2.22. The van der Waals surface area contributed by atoms with Crippen LogP contribution in [0.1, 0.15) is 15.9 Å². The Balaban J connectivity index is 2.84. The van der Waals surface area contributed by atoms with Gasteiger partial charge >= 0.3 is 5.97 Å². The van der Waals surface area contributed by atoms with Gasteiger partial charge in [-0.3, -0.25) is 0 Å². The molecule has 0 aliphatic rings. The van der Waals surface area contributed by atoms with Gasteiger partial charge in [-0.2, -0.15) is 0 Å². The Morgan fingerprint density at radius 2 is 2.27 bits per heavy atom. The molecule has 0 bridgehead atoms. The minimum absolute atomic E-state index is 0.481. The lowest BCUT2D eigenvalue weighted by Crippen LogP contribution is -2.08. The lowest BCUT2D eigenvalue weighted by atomic mass is 10.3. The van der Waals surface area contributed by atoms with Gasteiger partial charge in [0.1, 0.15) is 0 Å². The first-order valence-electron chi connectivity index (χ1n) is 3.08. The molecular formula is C7H8O3S. The minimum atomic E-state index is -1.37. The van der Waals surface area contributed by atoms with Crippen molar-refractivity contribution >= 4 is 17.3 Å². The van der Waals surface area contributed by atoms with Crippen LogP contribution in [0.25, 0.3) is 0 Å². The quantitative estimate of drug-likeness (QED) is 0.704. The molecule has 0 saturated heterocycles. The number of rotatable bonds is 2. The molecule has 0 aromatic carbocycles. The number of carboxylic acid groups (broad SMARTS) is 1. The molecule has 0 aliphatic heterocycles. The van der Waals surface area contributed by atoms with E-state index in [1.165, 1.54) is 11.3 Å². The topological polar surface area (TPSA) is 57.5 Å². The van der Waals surface area contributed by atoms with Crippen molar-refractivity contribution in [3.63, 3.8) is 0 Å². The summed E-state index contributed by atoms with van der Waals surface area (Å²) in [5, 5.41) is 17.4. The van der Waals surface area contributed by atoms with Crippen molar-refractivity contribution in [1.29, 1.82) is 0 Å². The molecule has 0 amide bonds. The fourth-order valence-corrected chi connectivity index (χ4v) is 1.58. The van der Waals surface area contributed by atoms with Crippen LogP contribution in [0.3, 0.4) is 0 Å². The van der Waals surface area contributed by atoms with Crippen LogP contribution in [0.5, 0.6) is 0 Å². The van der Waals surface area contributed by atoms with Crippen LogP contribution >= 0.6 is 11.3 Å². The van der Waals surface area contributed by atoms with Crippen LogP contribution in [0.15, 0.2) is 12.1 Å². The van der Waals surface area contributed by atoms with E-state index in [0.717, 1.165) is 4.88 Å². The Labute approximate surface area is 67.9 Å². The normalized spacial score (nSPS) is 12.9. The van der Waals surface area contributed by atoms with Crippen molar-refractivity contribution < 1.29 is 15.0 Å². The van der Waals surface area contributed by atoms with Crippen LogP contribution in [0, 0.1) is 6.92 Å². The van der Waals surface area contributed by atoms with E-state index in [9.17, 15) is 4.79 Å². The van der Waals surface area contributed by atoms with Crippen molar-refractivity contribution in [1.82, 2.24) is 0 Å². The monoisotopic (exact) mass is 172 g/mol. The smallest absolute Gasteiger partial charge is 0.338 e. The molecular weight excluding hydrogens is 164 g/mol. The molecule has 1 aromatic rings. The van der Waals surface area contributed by atoms with Crippen molar-refractivity contribution in [3.05, 3.63) is 21.9 Å². The number of thiophene rings is 1. The van der Waals surface area contributed by atoms with Gasteiger partial charge in [-0.05, 0) is 19.1 Å². The summed E-state index contributed by atoms with van der Waals surface area (Å²) in [7, 11) is 0. The summed E-state index contributed by atoms with van der Waals surface area (Å²) in [4.78, 5) is 11.7. The maximum Gasteiger partial charge on any atom is 0.338 e. The molecule has 0 aliphatic carbocycles. The van der Waals surface area contributed by atoms with Crippen molar-refractivity contribution in [2.24, 2.45) is 0 Å². The number of aryl methyl sites for hydroxylation is 1. The van der Waals surface area contributed by atoms with Gasteiger partial charge < -0.3 is 10.2 Å². The van der Waals surface area contributed by atoms with Crippen molar-refractivity contribution in [2.45, 2.75) is 13.0 Å². The van der Waals surface area contributed by atoms with Crippen molar-refractivity contribution in [3.8, 4) is 0 Å². The zero-order chi connectivity index (χ0) is 8.43. The third-order valence-corrected chi connectivity index (χ3v) is 2.32. The second kappa shape index (κ2) is 3.02. The van der Waals surface area contributed by atoms with Gasteiger partial charge in [0.25, 0.3) is 0 Å². The Kier molecular flexibility index (Phi) is 2.26. The predicted octanol–water partition coefficient (Wildman–Crippen LogP) is 1.17. The molecule has 0 saturated carbocycles. The molecule has 1 rings (SSSR count). The van der Waals surface area contributed by atoms with Crippen LogP contribution in [0.2, 0.25) is 0 Å². The zero-order valence-corrected chi connectivity index (χ0v) is 6.76. The number of carbonyl (C=O) groups is 1. The zero-order valence-electron chi connectivity index (χ0n) is 5.94. The van der Waals surface area contributed by atoms with Gasteiger partial charge in [0.05, 0.1) is 0 Å². The summed E-state index contributed by atoms with van der Waals surface area (Å²) < 4.78 is 0. The number of hydrogen-bond donors (Lipinski definition) is 2. The number of aliphatic hydroxyl groups excluding tert-OH is 1. The first-order valence-corrected chi connectivity index (χ1v) is 3.90. The van der Waals surface area contributed by atoms with Crippen molar-refractivity contribution in [2.75, 3.05) is 0 Å². The van der Waals surface area contributed by atoms with Gasteiger partial charge in [0.2, 0.25) is 0 Å². The van der Waals surface area contributed by atoms with Crippen LogP contribution in [0.4, 0.5) is 0 Å². The largest absolute Gasteiger partial charge is 0.479 e. The summed E-state index contributed by atoms with van der Waals surface area (Å²) in [6.07, 6.45) is -1.37. The highest BCUT2D eigenvalue weighted by atomic mass is 32.1. The molecule has 0 fully saturated rings. The van der Waals surface area contributed by atoms with E-state index in [2.05, 4.69) is 0 Å². The SMILES string of the molecule is Cc1ccc(C(O)C(=O)O)s1. The molecule has 60 valence electrons. The third kappa shape index (κ3) is 1.78. The Hall–Kier alpha value is -0.870. The lowest BCUT2D eigenvalue weighted by molar-refractivity contribution is -0.146. The standard InChI is InChI=1S/C7H8O3S/c1-4-2-3-5(11-4)6(8)7(9)10/h2-3,6,8H,1H3,(H,9,10). The molecule has 1 aromatic heterocycles. The van der Waals surface area contributed by atoms with Gasteiger partial charge in [0, 0.05) is 9.75 Å². The third-order valence-electron chi connectivity index (χ3n) is 1.26. The molecule has 1 atom stereocenters. The molecule has 1 heterocycles. The van der Waals surface area contributed by atoms with Crippen LogP contribution < -0.4 is 0 Å². The molecule has 11 heavy (non-hydrogen) atoms. The fourth-order valence-electron chi connectivity index (χ4n) is 0.722. The average molecular weight is 172 g/mol. The molecule has 0 spiro atoms. The van der Waals surface area contributed by atoms with E-state index < -0.39 is 12.1 Å². The first kappa shape index (κ1) is 8.23. The lowest BCUT2D eigenvalue weighted by Gasteiger charge is -1.99. The maximum absolute atomic E-state index is 10.3. The van der Waals surface area contributed by atoms with Crippen LogP contribution in [-0.4, -0.2) is 16.2 Å². The van der Waals surface area contributed by atoms with E-state index >= 15 is 0 Å². The Morgan fingerprint density at radius 1 is 1.64 bits per heavy atom. The van der Waals surface area contributed by atoms with E-state index in [4.69, 9.17) is 10.2 Å². The molecule has 3 nitrogen and oxygen atoms in total. The maximum atomic E-state index is 10.3. The Bertz CT molecular complexity index is 266. The molecule has 2 N–H and O–H groups in total. The number of carboxylic acids is 1. The molecule has 0 radical (unpaired) electrons. The van der Waals surface area contributed by atoms with Gasteiger partial charge in [-0.15, -0.1) is 11.3 Å². The van der Waals surface area contributed by atoms with E-state index in [-0.39, 0.29) is 0 Å². The summed E-state index contributed by atoms with van der Waals surface area (Å²) in [6.45, 7) is 1.86. The number of aliphatic hydroxyl groups is 1. The average Bonchev–Trinajstić information content (AvgIpc) is 2.34. The predicted molar refractivity (Wildman–Crippen MR) is 41.7 cm³/mol. The minimum Gasteiger partial charge on any atom is -0.479 e. The van der Waals surface area contributed by atoms with E-state index in [0.29, 0.717) is 4.88 Å². The van der Waals surface area contributed by atoms with Gasteiger partial charge in [-0.25, -0.2) is 4.79 Å². The summed E-state index contributed by atoms with van der Waals surface area (Å²) in [5.41, 5.74) is 0. The fraction of sp³-hybridized carbons (Fsp3) is 0.286. The van der Waals surface area contributed by atoms with Gasteiger partial charge in [-0.1, -0.05) is 0 Å². The summed E-state index contributed by atoms with van der Waals surface area (Å²) in [6, 6.07) is 3.41.